The number of allylic oxidation sites excluding steroid dienone is 4. The van der Waals surface area contributed by atoms with Crippen molar-refractivity contribution in [3.63, 3.8) is 0 Å². The molecule has 0 atom stereocenters. The maximum Gasteiger partial charge on any atom is 0.170 e. The molecule has 4 heteroatoms. The third kappa shape index (κ3) is 2.16. The molecular weight excluding hydrogens is 294 g/mol. The van der Waals surface area contributed by atoms with E-state index in [1.165, 1.54) is 0 Å². The van der Waals surface area contributed by atoms with Crippen LogP contribution in [0.5, 0.6) is 11.5 Å². The molecular formula is C14H12BrNO2. The highest BCUT2D eigenvalue weighted by molar-refractivity contribution is 9.10. The van der Waals surface area contributed by atoms with E-state index >= 15 is 0 Å². The molecule has 1 N–H and O–H groups in total. The number of nitrogens with one attached hydrogen (secondary N) is 1. The van der Waals surface area contributed by atoms with Gasteiger partial charge in [0.15, 0.2) is 11.5 Å². The molecule has 0 spiro atoms. The van der Waals surface area contributed by atoms with Crippen molar-refractivity contribution < 1.29 is 9.47 Å². The van der Waals surface area contributed by atoms with Crippen LogP contribution in [0.25, 0.3) is 5.70 Å². The molecule has 0 amide bonds. The third-order valence-electron chi connectivity index (χ3n) is 2.72. The summed E-state index contributed by atoms with van der Waals surface area (Å²) < 4.78 is 12.3. The summed E-state index contributed by atoms with van der Waals surface area (Å²) >= 11 is 3.50. The van der Waals surface area contributed by atoms with Gasteiger partial charge in [0.05, 0.1) is 0 Å². The van der Waals surface area contributed by atoms with Crippen molar-refractivity contribution in [1.29, 1.82) is 0 Å². The molecule has 1 aromatic rings. The van der Waals surface area contributed by atoms with Crippen LogP contribution in [0.15, 0.2) is 47.1 Å². The van der Waals surface area contributed by atoms with Gasteiger partial charge in [-0.2, -0.15) is 0 Å². The Balaban J connectivity index is 2.10. The summed E-state index contributed by atoms with van der Waals surface area (Å²) in [6, 6.07) is 3.96. The standard InChI is InChI=1S/C14H12BrNO2/c15-10-8-11(12-4-2-1-3-5-16-12)14-13(9-10)17-6-7-18-14/h1-5,8-9,16H,6-7H2. The first kappa shape index (κ1) is 11.4. The molecule has 0 aliphatic carbocycles. The molecule has 2 aliphatic rings. The van der Waals surface area contributed by atoms with Crippen LogP contribution in [-0.2, 0) is 0 Å². The number of rotatable bonds is 1. The fourth-order valence-corrected chi connectivity index (χ4v) is 2.38. The van der Waals surface area contributed by atoms with Gasteiger partial charge in [0.25, 0.3) is 0 Å². The fourth-order valence-electron chi connectivity index (χ4n) is 1.95. The van der Waals surface area contributed by atoms with Gasteiger partial charge < -0.3 is 14.8 Å². The number of ether oxygens (including phenoxy) is 2. The Labute approximate surface area is 114 Å². The molecule has 92 valence electrons. The first-order chi connectivity index (χ1) is 8.84. The van der Waals surface area contributed by atoms with E-state index in [2.05, 4.69) is 21.2 Å². The van der Waals surface area contributed by atoms with Crippen molar-refractivity contribution in [2.45, 2.75) is 0 Å². The van der Waals surface area contributed by atoms with Gasteiger partial charge in [0.1, 0.15) is 13.2 Å². The second-order valence-corrected chi connectivity index (χ2v) is 4.86. The third-order valence-corrected chi connectivity index (χ3v) is 3.18. The Morgan fingerprint density at radius 2 is 1.94 bits per heavy atom. The summed E-state index contributed by atoms with van der Waals surface area (Å²) in [7, 11) is 0. The van der Waals surface area contributed by atoms with E-state index < -0.39 is 0 Å². The molecule has 0 unspecified atom stereocenters. The molecule has 3 nitrogen and oxygen atoms in total. The lowest BCUT2D eigenvalue weighted by Gasteiger charge is -2.22. The molecule has 2 heterocycles. The van der Waals surface area contributed by atoms with Gasteiger partial charge >= 0.3 is 0 Å². The maximum absolute atomic E-state index is 5.73. The highest BCUT2D eigenvalue weighted by atomic mass is 79.9. The Morgan fingerprint density at radius 1 is 1.06 bits per heavy atom. The summed E-state index contributed by atoms with van der Waals surface area (Å²) in [6.45, 7) is 1.18. The van der Waals surface area contributed by atoms with Gasteiger partial charge in [-0.3, -0.25) is 0 Å². The quantitative estimate of drug-likeness (QED) is 0.864. The van der Waals surface area contributed by atoms with Crippen molar-refractivity contribution in [3.05, 3.63) is 52.7 Å². The summed E-state index contributed by atoms with van der Waals surface area (Å²) in [5, 5.41) is 3.24. The van der Waals surface area contributed by atoms with Crippen molar-refractivity contribution in [2.75, 3.05) is 13.2 Å². The Bertz CT molecular complexity index is 561. The van der Waals surface area contributed by atoms with E-state index in [4.69, 9.17) is 9.47 Å². The van der Waals surface area contributed by atoms with Crippen LogP contribution in [0.3, 0.4) is 0 Å². The van der Waals surface area contributed by atoms with Crippen LogP contribution in [0.1, 0.15) is 5.56 Å². The average Bonchev–Trinajstić information content (AvgIpc) is 2.66. The van der Waals surface area contributed by atoms with Crippen molar-refractivity contribution in [3.8, 4) is 11.5 Å². The van der Waals surface area contributed by atoms with Crippen molar-refractivity contribution in [2.24, 2.45) is 0 Å². The largest absolute Gasteiger partial charge is 0.486 e. The lowest BCUT2D eigenvalue weighted by Crippen LogP contribution is -2.17. The molecule has 3 rings (SSSR count). The van der Waals surface area contributed by atoms with Crippen LogP contribution in [0, 0.1) is 0 Å². The second kappa shape index (κ2) is 4.90. The van der Waals surface area contributed by atoms with E-state index in [9.17, 15) is 0 Å². The smallest absolute Gasteiger partial charge is 0.170 e. The number of fused-ring (bicyclic) bond motifs is 1. The normalized spacial score (nSPS) is 16.8. The van der Waals surface area contributed by atoms with Gasteiger partial charge in [0.2, 0.25) is 0 Å². The lowest BCUT2D eigenvalue weighted by atomic mass is 10.1. The SMILES string of the molecule is Brc1cc2c(c(C3=CC=CC=CN3)c1)OCCO2. The monoisotopic (exact) mass is 305 g/mol. The van der Waals surface area contributed by atoms with Gasteiger partial charge in [-0.1, -0.05) is 28.1 Å². The van der Waals surface area contributed by atoms with E-state index in [0.717, 1.165) is 27.2 Å². The van der Waals surface area contributed by atoms with E-state index in [1.54, 1.807) is 0 Å². The van der Waals surface area contributed by atoms with Crippen molar-refractivity contribution in [1.82, 2.24) is 5.32 Å². The number of hydrogen-bond donors (Lipinski definition) is 1. The topological polar surface area (TPSA) is 30.5 Å². The Hall–Kier alpha value is -1.68. The van der Waals surface area contributed by atoms with Crippen LogP contribution >= 0.6 is 15.9 Å². The predicted octanol–water partition coefficient (Wildman–Crippen LogP) is 3.23. The minimum Gasteiger partial charge on any atom is -0.486 e. The molecule has 0 radical (unpaired) electrons. The summed E-state index contributed by atoms with van der Waals surface area (Å²) in [4.78, 5) is 0. The summed E-state index contributed by atoms with van der Waals surface area (Å²) in [5.74, 6) is 1.58. The summed E-state index contributed by atoms with van der Waals surface area (Å²) in [5.41, 5.74) is 1.98. The molecule has 1 aromatic carbocycles. The van der Waals surface area contributed by atoms with Gasteiger partial charge in [-0.05, 0) is 24.3 Å². The average molecular weight is 306 g/mol. The molecule has 2 aliphatic heterocycles. The van der Waals surface area contributed by atoms with Crippen LogP contribution < -0.4 is 14.8 Å². The van der Waals surface area contributed by atoms with Gasteiger partial charge in [-0.15, -0.1) is 0 Å². The van der Waals surface area contributed by atoms with Crippen molar-refractivity contribution >= 4 is 21.6 Å². The van der Waals surface area contributed by atoms with E-state index in [0.29, 0.717) is 13.2 Å². The van der Waals surface area contributed by atoms with Gasteiger partial charge in [-0.25, -0.2) is 0 Å². The second-order valence-electron chi connectivity index (χ2n) is 3.95. The van der Waals surface area contributed by atoms with Crippen LogP contribution in [0.2, 0.25) is 0 Å². The minimum absolute atomic E-state index is 0.584. The number of benzene rings is 1. The molecule has 0 fully saturated rings. The molecule has 0 bridgehead atoms. The molecule has 0 aromatic heterocycles. The zero-order chi connectivity index (χ0) is 12.4. The highest BCUT2D eigenvalue weighted by Gasteiger charge is 2.19. The van der Waals surface area contributed by atoms with E-state index in [1.807, 2.05) is 42.6 Å². The highest BCUT2D eigenvalue weighted by Crippen LogP contribution is 2.39. The van der Waals surface area contributed by atoms with E-state index in [-0.39, 0.29) is 0 Å². The lowest BCUT2D eigenvalue weighted by molar-refractivity contribution is 0.171. The maximum atomic E-state index is 5.73. The van der Waals surface area contributed by atoms with Crippen LogP contribution in [0.4, 0.5) is 0 Å². The first-order valence-electron chi connectivity index (χ1n) is 5.74. The Kier molecular flexibility index (Phi) is 3.11. The number of hydrogen-bond acceptors (Lipinski definition) is 3. The van der Waals surface area contributed by atoms with Crippen LogP contribution in [-0.4, -0.2) is 13.2 Å². The molecule has 18 heavy (non-hydrogen) atoms. The summed E-state index contributed by atoms with van der Waals surface area (Å²) in [6.07, 6.45) is 9.82. The number of halogens is 1. The zero-order valence-corrected chi connectivity index (χ0v) is 11.2. The fraction of sp³-hybridized carbons (Fsp3) is 0.143. The minimum atomic E-state index is 0.584. The molecule has 0 saturated carbocycles. The predicted molar refractivity (Wildman–Crippen MR) is 74.5 cm³/mol. The Morgan fingerprint density at radius 3 is 2.89 bits per heavy atom. The van der Waals surface area contributed by atoms with Gasteiger partial charge in [0, 0.05) is 21.9 Å². The first-order valence-corrected chi connectivity index (χ1v) is 6.53. The molecule has 0 saturated heterocycles. The zero-order valence-electron chi connectivity index (χ0n) is 9.65.